The van der Waals surface area contributed by atoms with Crippen molar-refractivity contribution < 1.29 is 28.8 Å². The van der Waals surface area contributed by atoms with Crippen LogP contribution in [0.5, 0.6) is 0 Å². The summed E-state index contributed by atoms with van der Waals surface area (Å²) in [5.41, 5.74) is 8.99. The van der Waals surface area contributed by atoms with Crippen LogP contribution in [0.2, 0.25) is 0 Å². The van der Waals surface area contributed by atoms with E-state index in [-0.39, 0.29) is 18.3 Å². The Labute approximate surface area is 199 Å². The zero-order chi connectivity index (χ0) is 24.1. The van der Waals surface area contributed by atoms with Gasteiger partial charge >= 0.3 is 0 Å². The molecule has 1 saturated carbocycles. The van der Waals surface area contributed by atoms with Crippen molar-refractivity contribution in [2.45, 2.75) is 134 Å². The molecule has 1 aliphatic carbocycles. The van der Waals surface area contributed by atoms with Gasteiger partial charge in [0.05, 0.1) is 24.4 Å². The highest BCUT2D eigenvalue weighted by Crippen LogP contribution is 2.33. The molecule has 5 unspecified atom stereocenters. The van der Waals surface area contributed by atoms with E-state index in [9.17, 15) is 5.11 Å². The van der Waals surface area contributed by atoms with Crippen molar-refractivity contribution in [1.29, 1.82) is 0 Å². The van der Waals surface area contributed by atoms with Crippen molar-refractivity contribution in [3.8, 4) is 0 Å². The topological polar surface area (TPSA) is 115 Å². The van der Waals surface area contributed by atoms with Gasteiger partial charge in [0.25, 0.3) is 0 Å². The smallest absolute Gasteiger partial charge is 0.187 e. The average molecular weight is 472 g/mol. The standard InChI is InChI=1S/C24H45N3O6/c1-5-8-14-29-20-17(4)32-24(33-21-18(26-27-25)12-11-13-19(21)28)23(31-16-10-7-3)22(20)30-15-9-6-2/h17-24,28H,5-16H2,1-4H3/t17?,18?,19-,20-,21?,22?,23?,24+/m1/s1. The van der Waals surface area contributed by atoms with Gasteiger partial charge in [0.2, 0.25) is 0 Å². The summed E-state index contributed by atoms with van der Waals surface area (Å²) in [5, 5.41) is 14.5. The number of hydrogen-bond acceptors (Lipinski definition) is 7. The summed E-state index contributed by atoms with van der Waals surface area (Å²) in [6, 6.07) is -0.438. The number of hydrogen-bond donors (Lipinski definition) is 1. The lowest BCUT2D eigenvalue weighted by molar-refractivity contribution is -0.331. The van der Waals surface area contributed by atoms with E-state index in [2.05, 4.69) is 30.8 Å². The lowest BCUT2D eigenvalue weighted by atomic mass is 9.90. The number of azide groups is 1. The summed E-state index contributed by atoms with van der Waals surface area (Å²) >= 11 is 0. The van der Waals surface area contributed by atoms with Gasteiger partial charge in [0, 0.05) is 24.7 Å². The number of unbranched alkanes of at least 4 members (excludes halogenated alkanes) is 3. The van der Waals surface area contributed by atoms with E-state index in [1.54, 1.807) is 0 Å². The van der Waals surface area contributed by atoms with Gasteiger partial charge in [0.1, 0.15) is 18.3 Å². The Hall–Kier alpha value is -0.930. The van der Waals surface area contributed by atoms with Crippen LogP contribution in [0.15, 0.2) is 5.11 Å². The van der Waals surface area contributed by atoms with Gasteiger partial charge < -0.3 is 28.8 Å². The van der Waals surface area contributed by atoms with Crippen molar-refractivity contribution in [3.05, 3.63) is 10.4 Å². The molecular formula is C24H45N3O6. The van der Waals surface area contributed by atoms with Crippen LogP contribution in [-0.4, -0.2) is 73.9 Å². The number of aliphatic hydroxyl groups is 1. The Morgan fingerprint density at radius 1 is 0.879 bits per heavy atom. The maximum atomic E-state index is 10.6. The van der Waals surface area contributed by atoms with E-state index in [4.69, 9.17) is 29.2 Å². The van der Waals surface area contributed by atoms with E-state index in [1.165, 1.54) is 0 Å². The zero-order valence-corrected chi connectivity index (χ0v) is 20.9. The van der Waals surface area contributed by atoms with Crippen LogP contribution in [0.25, 0.3) is 10.4 Å². The molecule has 0 aromatic rings. The summed E-state index contributed by atoms with van der Waals surface area (Å²) in [5.74, 6) is 0. The van der Waals surface area contributed by atoms with Crippen LogP contribution in [-0.2, 0) is 23.7 Å². The highest BCUT2D eigenvalue weighted by atomic mass is 16.7. The molecule has 0 radical (unpaired) electrons. The minimum absolute atomic E-state index is 0.274. The average Bonchev–Trinajstić information content (AvgIpc) is 2.80. The molecule has 9 nitrogen and oxygen atoms in total. The highest BCUT2D eigenvalue weighted by Gasteiger charge is 2.49. The Balaban J connectivity index is 2.25. The molecule has 33 heavy (non-hydrogen) atoms. The monoisotopic (exact) mass is 471 g/mol. The summed E-state index contributed by atoms with van der Waals surface area (Å²) in [6.45, 7) is 10.1. The fourth-order valence-corrected chi connectivity index (χ4v) is 4.42. The molecule has 1 heterocycles. The summed E-state index contributed by atoms with van der Waals surface area (Å²) in [4.78, 5) is 2.97. The van der Waals surface area contributed by atoms with Gasteiger partial charge in [0.15, 0.2) is 6.29 Å². The third-order valence-electron chi connectivity index (χ3n) is 6.40. The fraction of sp³-hybridized carbons (Fsp3) is 1.00. The number of aliphatic hydroxyl groups excluding tert-OH is 1. The van der Waals surface area contributed by atoms with Crippen LogP contribution in [0.4, 0.5) is 0 Å². The van der Waals surface area contributed by atoms with Crippen molar-refractivity contribution in [1.82, 2.24) is 0 Å². The Bertz CT molecular complexity index is 576. The van der Waals surface area contributed by atoms with Gasteiger partial charge in [-0.25, -0.2) is 0 Å². The van der Waals surface area contributed by atoms with Crippen LogP contribution in [0.3, 0.4) is 0 Å². The van der Waals surface area contributed by atoms with E-state index in [0.717, 1.165) is 44.9 Å². The van der Waals surface area contributed by atoms with E-state index in [0.29, 0.717) is 32.7 Å². The van der Waals surface area contributed by atoms with Crippen LogP contribution in [0.1, 0.15) is 85.5 Å². The van der Waals surface area contributed by atoms with Crippen LogP contribution >= 0.6 is 0 Å². The second-order valence-electron chi connectivity index (χ2n) is 9.15. The first-order valence-corrected chi connectivity index (χ1v) is 12.9. The molecule has 2 fully saturated rings. The second kappa shape index (κ2) is 15.9. The molecule has 0 aromatic heterocycles. The molecule has 1 N–H and O–H groups in total. The van der Waals surface area contributed by atoms with Gasteiger partial charge in [-0.05, 0) is 44.6 Å². The Morgan fingerprint density at radius 3 is 2.03 bits per heavy atom. The molecular weight excluding hydrogens is 426 g/mol. The van der Waals surface area contributed by atoms with Crippen molar-refractivity contribution >= 4 is 0 Å². The molecule has 0 bridgehead atoms. The zero-order valence-electron chi connectivity index (χ0n) is 20.9. The van der Waals surface area contributed by atoms with Gasteiger partial charge in [-0.15, -0.1) is 0 Å². The summed E-state index contributed by atoms with van der Waals surface area (Å²) < 4.78 is 31.5. The Morgan fingerprint density at radius 2 is 1.45 bits per heavy atom. The Kier molecular flexibility index (Phi) is 13.6. The van der Waals surface area contributed by atoms with Crippen molar-refractivity contribution in [2.24, 2.45) is 5.11 Å². The molecule has 9 heteroatoms. The van der Waals surface area contributed by atoms with E-state index < -0.39 is 30.6 Å². The van der Waals surface area contributed by atoms with Gasteiger partial charge in [-0.3, -0.25) is 0 Å². The molecule has 1 aliphatic heterocycles. The first-order valence-electron chi connectivity index (χ1n) is 12.9. The first kappa shape index (κ1) is 28.3. The maximum absolute atomic E-state index is 10.6. The van der Waals surface area contributed by atoms with E-state index >= 15 is 0 Å². The van der Waals surface area contributed by atoms with Crippen LogP contribution < -0.4 is 0 Å². The minimum Gasteiger partial charge on any atom is -0.390 e. The molecule has 2 rings (SSSR count). The number of ether oxygens (including phenoxy) is 5. The molecule has 0 spiro atoms. The first-order chi connectivity index (χ1) is 16.1. The molecule has 2 aliphatic rings. The quantitative estimate of drug-likeness (QED) is 0.157. The summed E-state index contributed by atoms with van der Waals surface area (Å²) in [7, 11) is 0. The largest absolute Gasteiger partial charge is 0.390 e. The molecule has 8 atom stereocenters. The predicted molar refractivity (Wildman–Crippen MR) is 126 cm³/mol. The normalized spacial score (nSPS) is 34.7. The van der Waals surface area contributed by atoms with Gasteiger partial charge in [-0.1, -0.05) is 51.6 Å². The third-order valence-corrected chi connectivity index (χ3v) is 6.40. The minimum atomic E-state index is -0.747. The second-order valence-corrected chi connectivity index (χ2v) is 9.15. The molecule has 0 aromatic carbocycles. The maximum Gasteiger partial charge on any atom is 0.187 e. The third kappa shape index (κ3) is 8.66. The van der Waals surface area contributed by atoms with Gasteiger partial charge in [-0.2, -0.15) is 0 Å². The van der Waals surface area contributed by atoms with Crippen LogP contribution in [0, 0.1) is 0 Å². The predicted octanol–water partition coefficient (Wildman–Crippen LogP) is 4.90. The fourth-order valence-electron chi connectivity index (χ4n) is 4.42. The lowest BCUT2D eigenvalue weighted by Crippen LogP contribution is -2.62. The van der Waals surface area contributed by atoms with Crippen molar-refractivity contribution in [2.75, 3.05) is 19.8 Å². The molecule has 192 valence electrons. The highest BCUT2D eigenvalue weighted by molar-refractivity contribution is 4.94. The number of nitrogens with zero attached hydrogens (tertiary/aromatic N) is 3. The lowest BCUT2D eigenvalue weighted by Gasteiger charge is -2.47. The molecule has 0 amide bonds. The van der Waals surface area contributed by atoms with E-state index in [1.807, 2.05) is 6.92 Å². The SMILES string of the molecule is CCCCOC1C(OCCCC)[C@H](OCCCC)C(C)O[C@H]1OC1C(N=[N+]=[N-])CCC[C@H]1O. The number of rotatable bonds is 15. The van der Waals surface area contributed by atoms with Crippen molar-refractivity contribution in [3.63, 3.8) is 0 Å². The summed E-state index contributed by atoms with van der Waals surface area (Å²) in [6.07, 6.45) is 4.47. The molecule has 1 saturated heterocycles.